The summed E-state index contributed by atoms with van der Waals surface area (Å²) in [5, 5.41) is 12.9. The number of ether oxygens (including phenoxy) is 2. The van der Waals surface area contributed by atoms with Crippen molar-refractivity contribution >= 4 is 15.9 Å². The zero-order chi connectivity index (χ0) is 21.4. The number of aryl methyl sites for hydroxylation is 1. The predicted molar refractivity (Wildman–Crippen MR) is 109 cm³/mol. The van der Waals surface area contributed by atoms with Gasteiger partial charge in [-0.1, -0.05) is 18.2 Å². The van der Waals surface area contributed by atoms with E-state index in [0.29, 0.717) is 16.9 Å². The maximum atomic E-state index is 12.6. The number of aliphatic hydroxyl groups is 1. The topological polar surface area (TPSA) is 114 Å². The molecular weight excluding hydrogens is 396 g/mol. The van der Waals surface area contributed by atoms with E-state index in [1.54, 1.807) is 44.4 Å². The summed E-state index contributed by atoms with van der Waals surface area (Å²) in [5.41, 5.74) is 1.47. The van der Waals surface area contributed by atoms with Crippen molar-refractivity contribution in [2.24, 2.45) is 0 Å². The molecule has 0 fully saturated rings. The van der Waals surface area contributed by atoms with Crippen molar-refractivity contribution in [3.05, 3.63) is 59.2 Å². The second-order valence-corrected chi connectivity index (χ2v) is 8.13. The lowest BCUT2D eigenvalue weighted by Gasteiger charge is -2.14. The summed E-state index contributed by atoms with van der Waals surface area (Å²) in [5.74, 6) is 0.196. The molecule has 0 saturated carbocycles. The fourth-order valence-electron chi connectivity index (χ4n) is 2.60. The molecule has 0 spiro atoms. The molecule has 1 amide bonds. The summed E-state index contributed by atoms with van der Waals surface area (Å²) in [6.07, 6.45) is -0.909. The van der Waals surface area contributed by atoms with Gasteiger partial charge in [0.2, 0.25) is 10.0 Å². The largest absolute Gasteiger partial charge is 0.497 e. The highest BCUT2D eigenvalue weighted by Gasteiger charge is 2.18. The van der Waals surface area contributed by atoms with Gasteiger partial charge in [-0.05, 0) is 42.3 Å². The Kier molecular flexibility index (Phi) is 8.15. The number of hydrogen-bond donors (Lipinski definition) is 3. The lowest BCUT2D eigenvalue weighted by Crippen LogP contribution is -2.30. The van der Waals surface area contributed by atoms with Crippen molar-refractivity contribution in [2.75, 3.05) is 33.9 Å². The van der Waals surface area contributed by atoms with Gasteiger partial charge in [0.25, 0.3) is 5.91 Å². The van der Waals surface area contributed by atoms with Crippen molar-refractivity contribution in [1.29, 1.82) is 0 Å². The molecule has 2 aromatic carbocycles. The van der Waals surface area contributed by atoms with Crippen LogP contribution in [-0.2, 0) is 14.8 Å². The SMILES string of the molecule is COCCNS(=O)(=O)c1ccc(C)c(C(=O)NCC(O)c2ccc(OC)cc2)c1. The summed E-state index contributed by atoms with van der Waals surface area (Å²) < 4.78 is 37.0. The molecule has 0 aliphatic carbocycles. The van der Waals surface area contributed by atoms with Gasteiger partial charge in [0.15, 0.2) is 0 Å². The van der Waals surface area contributed by atoms with Gasteiger partial charge in [-0.2, -0.15) is 0 Å². The third-order valence-electron chi connectivity index (χ3n) is 4.32. The first kappa shape index (κ1) is 22.8. The van der Waals surface area contributed by atoms with Crippen LogP contribution in [0.5, 0.6) is 5.75 Å². The van der Waals surface area contributed by atoms with Crippen LogP contribution in [0.2, 0.25) is 0 Å². The minimum absolute atomic E-state index is 0.0138. The van der Waals surface area contributed by atoms with Crippen molar-refractivity contribution in [3.63, 3.8) is 0 Å². The van der Waals surface area contributed by atoms with Crippen LogP contribution in [0.1, 0.15) is 27.6 Å². The number of rotatable bonds is 10. The number of methoxy groups -OCH3 is 2. The van der Waals surface area contributed by atoms with E-state index < -0.39 is 22.0 Å². The molecular formula is C20H26N2O6S. The minimum Gasteiger partial charge on any atom is -0.497 e. The number of hydrogen-bond acceptors (Lipinski definition) is 6. The smallest absolute Gasteiger partial charge is 0.251 e. The summed E-state index contributed by atoms with van der Waals surface area (Å²) in [6, 6.07) is 11.2. The lowest BCUT2D eigenvalue weighted by atomic mass is 10.1. The maximum Gasteiger partial charge on any atom is 0.251 e. The number of sulfonamides is 1. The number of nitrogens with one attached hydrogen (secondary N) is 2. The molecule has 9 heteroatoms. The van der Waals surface area contributed by atoms with E-state index in [2.05, 4.69) is 10.0 Å². The number of aliphatic hydroxyl groups excluding tert-OH is 1. The molecule has 2 rings (SSSR count). The Morgan fingerprint density at radius 2 is 1.83 bits per heavy atom. The third-order valence-corrected chi connectivity index (χ3v) is 5.78. The van der Waals surface area contributed by atoms with E-state index in [0.717, 1.165) is 0 Å². The quantitative estimate of drug-likeness (QED) is 0.499. The lowest BCUT2D eigenvalue weighted by molar-refractivity contribution is 0.0915. The fraction of sp³-hybridized carbons (Fsp3) is 0.350. The number of carbonyl (C=O) groups is 1. The Labute approximate surface area is 170 Å². The number of amides is 1. The molecule has 158 valence electrons. The van der Waals surface area contributed by atoms with Crippen LogP contribution >= 0.6 is 0 Å². The van der Waals surface area contributed by atoms with Crippen LogP contribution in [-0.4, -0.2) is 53.3 Å². The highest BCUT2D eigenvalue weighted by molar-refractivity contribution is 7.89. The van der Waals surface area contributed by atoms with Crippen molar-refractivity contribution in [1.82, 2.24) is 10.0 Å². The Morgan fingerprint density at radius 3 is 2.45 bits per heavy atom. The van der Waals surface area contributed by atoms with Crippen LogP contribution in [0.4, 0.5) is 0 Å². The molecule has 0 heterocycles. The standard InChI is InChI=1S/C20H26N2O6S/c1-14-4-9-17(29(25,26)22-10-11-27-2)12-18(14)20(24)21-13-19(23)15-5-7-16(28-3)8-6-15/h4-9,12,19,22-23H,10-11,13H2,1-3H3,(H,21,24). The van der Waals surface area contributed by atoms with Gasteiger partial charge in [-0.25, -0.2) is 13.1 Å². The molecule has 1 atom stereocenters. The Bertz CT molecular complexity index is 928. The molecule has 8 nitrogen and oxygen atoms in total. The monoisotopic (exact) mass is 422 g/mol. The average molecular weight is 423 g/mol. The second kappa shape index (κ2) is 10.4. The molecule has 3 N–H and O–H groups in total. The Hall–Kier alpha value is -2.46. The third kappa shape index (κ3) is 6.26. The van der Waals surface area contributed by atoms with Crippen molar-refractivity contribution in [3.8, 4) is 5.75 Å². The normalized spacial score (nSPS) is 12.4. The van der Waals surface area contributed by atoms with Crippen LogP contribution in [0, 0.1) is 6.92 Å². The average Bonchev–Trinajstić information content (AvgIpc) is 2.72. The molecule has 0 aliphatic rings. The summed E-state index contributed by atoms with van der Waals surface area (Å²) in [7, 11) is -0.731. The molecule has 0 bridgehead atoms. The second-order valence-electron chi connectivity index (χ2n) is 6.37. The Morgan fingerprint density at radius 1 is 1.14 bits per heavy atom. The first-order chi connectivity index (χ1) is 13.8. The van der Waals surface area contributed by atoms with Gasteiger partial charge in [-0.15, -0.1) is 0 Å². The molecule has 0 saturated heterocycles. The van der Waals surface area contributed by atoms with Gasteiger partial charge in [-0.3, -0.25) is 4.79 Å². The molecule has 29 heavy (non-hydrogen) atoms. The summed E-state index contributed by atoms with van der Waals surface area (Å²) in [6.45, 7) is 2.06. The van der Waals surface area contributed by atoms with Gasteiger partial charge in [0, 0.05) is 25.8 Å². The van der Waals surface area contributed by atoms with Gasteiger partial charge in [0.1, 0.15) is 5.75 Å². The maximum absolute atomic E-state index is 12.6. The Balaban J connectivity index is 2.07. The highest BCUT2D eigenvalue weighted by atomic mass is 32.2. The van der Waals surface area contributed by atoms with E-state index in [4.69, 9.17) is 9.47 Å². The van der Waals surface area contributed by atoms with Crippen molar-refractivity contribution in [2.45, 2.75) is 17.9 Å². The number of carbonyl (C=O) groups excluding carboxylic acids is 1. The number of benzene rings is 2. The van der Waals surface area contributed by atoms with Crippen LogP contribution < -0.4 is 14.8 Å². The predicted octanol–water partition coefficient (Wildman–Crippen LogP) is 1.39. The molecule has 2 aromatic rings. The first-order valence-corrected chi connectivity index (χ1v) is 10.5. The van der Waals surface area contributed by atoms with E-state index >= 15 is 0 Å². The van der Waals surface area contributed by atoms with Crippen molar-refractivity contribution < 1.29 is 27.8 Å². The summed E-state index contributed by atoms with van der Waals surface area (Å²) >= 11 is 0. The van der Waals surface area contributed by atoms with E-state index in [1.807, 2.05) is 0 Å². The van der Waals surface area contributed by atoms with E-state index in [-0.39, 0.29) is 30.2 Å². The van der Waals surface area contributed by atoms with Crippen LogP contribution in [0.15, 0.2) is 47.4 Å². The molecule has 0 aliphatic heterocycles. The zero-order valence-electron chi connectivity index (χ0n) is 16.6. The zero-order valence-corrected chi connectivity index (χ0v) is 17.5. The molecule has 1 unspecified atom stereocenters. The highest BCUT2D eigenvalue weighted by Crippen LogP contribution is 2.18. The fourth-order valence-corrected chi connectivity index (χ4v) is 3.64. The molecule has 0 radical (unpaired) electrons. The van der Waals surface area contributed by atoms with E-state index in [9.17, 15) is 18.3 Å². The van der Waals surface area contributed by atoms with Gasteiger partial charge < -0.3 is 19.9 Å². The van der Waals surface area contributed by atoms with E-state index in [1.165, 1.54) is 19.2 Å². The summed E-state index contributed by atoms with van der Waals surface area (Å²) in [4.78, 5) is 12.5. The van der Waals surface area contributed by atoms with Crippen LogP contribution in [0.3, 0.4) is 0 Å². The molecule has 0 aromatic heterocycles. The van der Waals surface area contributed by atoms with Gasteiger partial charge in [0.05, 0.1) is 24.7 Å². The van der Waals surface area contributed by atoms with Crippen LogP contribution in [0.25, 0.3) is 0 Å². The first-order valence-electron chi connectivity index (χ1n) is 8.98. The minimum atomic E-state index is -3.76. The van der Waals surface area contributed by atoms with Gasteiger partial charge >= 0.3 is 0 Å².